The highest BCUT2D eigenvalue weighted by atomic mass is 16.2. The molecule has 0 aromatic heterocycles. The summed E-state index contributed by atoms with van der Waals surface area (Å²) in [6.07, 6.45) is 4.70. The number of nitrogens with two attached hydrogens (primary N) is 1. The monoisotopic (exact) mass is 270 g/mol. The Kier molecular flexibility index (Phi) is 5.20. The molecule has 0 bridgehead atoms. The molecule has 1 fully saturated rings. The van der Waals surface area contributed by atoms with Crippen LogP contribution in [0.5, 0.6) is 0 Å². The van der Waals surface area contributed by atoms with E-state index < -0.39 is 0 Å². The van der Waals surface area contributed by atoms with E-state index in [1.807, 2.05) is 30.0 Å². The molecule has 0 saturated carbocycles. The summed E-state index contributed by atoms with van der Waals surface area (Å²) in [4.78, 5) is 14.5. The van der Waals surface area contributed by atoms with Gasteiger partial charge in [0, 0.05) is 24.2 Å². The molecule has 1 aliphatic rings. The van der Waals surface area contributed by atoms with Gasteiger partial charge >= 0.3 is 0 Å². The van der Waals surface area contributed by atoms with Gasteiger partial charge in [0.1, 0.15) is 0 Å². The molecule has 0 radical (unpaired) electrons. The fraction of sp³-hybridized carbons (Fsp3) is 0.471. The van der Waals surface area contributed by atoms with E-state index in [0.29, 0.717) is 6.54 Å². The van der Waals surface area contributed by atoms with E-state index in [-0.39, 0.29) is 5.91 Å². The van der Waals surface area contributed by atoms with Crippen LogP contribution in [0.1, 0.15) is 47.2 Å². The van der Waals surface area contributed by atoms with E-state index in [1.165, 1.54) is 12.8 Å². The van der Waals surface area contributed by atoms with Crippen molar-refractivity contribution >= 4 is 5.91 Å². The summed E-state index contributed by atoms with van der Waals surface area (Å²) < 4.78 is 0. The third kappa shape index (κ3) is 3.61. The number of benzene rings is 1. The van der Waals surface area contributed by atoms with Crippen LogP contribution in [0.2, 0.25) is 0 Å². The highest BCUT2D eigenvalue weighted by Crippen LogP contribution is 2.16. The predicted molar refractivity (Wildman–Crippen MR) is 81.5 cm³/mol. The molecule has 1 heterocycles. The largest absolute Gasteiger partial charge is 0.339 e. The number of hydrogen-bond donors (Lipinski definition) is 1. The van der Waals surface area contributed by atoms with Crippen LogP contribution in [-0.4, -0.2) is 30.4 Å². The van der Waals surface area contributed by atoms with Gasteiger partial charge in [-0.1, -0.05) is 24.7 Å². The van der Waals surface area contributed by atoms with E-state index >= 15 is 0 Å². The molecular weight excluding hydrogens is 248 g/mol. The van der Waals surface area contributed by atoms with Crippen LogP contribution in [0.25, 0.3) is 0 Å². The summed E-state index contributed by atoms with van der Waals surface area (Å²) in [6, 6.07) is 5.73. The van der Waals surface area contributed by atoms with Crippen LogP contribution in [0, 0.1) is 18.8 Å². The van der Waals surface area contributed by atoms with Crippen molar-refractivity contribution in [1.82, 2.24) is 4.90 Å². The Balaban J connectivity index is 2.15. The van der Waals surface area contributed by atoms with Gasteiger partial charge in [0.2, 0.25) is 0 Å². The van der Waals surface area contributed by atoms with Gasteiger partial charge in [-0.05, 0) is 43.5 Å². The number of rotatable bonds is 1. The zero-order chi connectivity index (χ0) is 14.4. The zero-order valence-corrected chi connectivity index (χ0v) is 12.1. The van der Waals surface area contributed by atoms with Crippen LogP contribution < -0.4 is 5.73 Å². The SMILES string of the molecule is Cc1cc(C(=O)N2CCCCCC2)ccc1C#CCN. The van der Waals surface area contributed by atoms with Crippen LogP contribution in [0.3, 0.4) is 0 Å². The van der Waals surface area contributed by atoms with Gasteiger partial charge in [0.05, 0.1) is 6.54 Å². The normalized spacial score (nSPS) is 15.2. The maximum atomic E-state index is 12.5. The second-order valence-electron chi connectivity index (χ2n) is 5.24. The molecule has 0 unspecified atom stereocenters. The Morgan fingerprint density at radius 3 is 2.55 bits per heavy atom. The molecule has 1 aromatic carbocycles. The maximum absolute atomic E-state index is 12.5. The average molecular weight is 270 g/mol. The average Bonchev–Trinajstić information content (AvgIpc) is 2.74. The van der Waals surface area contributed by atoms with Gasteiger partial charge in [-0.2, -0.15) is 0 Å². The molecule has 1 aliphatic heterocycles. The molecular formula is C17H22N2O. The van der Waals surface area contributed by atoms with Gasteiger partial charge in [-0.3, -0.25) is 4.79 Å². The molecule has 1 aromatic rings. The van der Waals surface area contributed by atoms with Gasteiger partial charge in [-0.25, -0.2) is 0 Å². The molecule has 1 saturated heterocycles. The van der Waals surface area contributed by atoms with Crippen molar-refractivity contribution in [3.05, 3.63) is 34.9 Å². The molecule has 0 atom stereocenters. The maximum Gasteiger partial charge on any atom is 0.253 e. The third-order valence-corrected chi connectivity index (χ3v) is 3.69. The summed E-state index contributed by atoms with van der Waals surface area (Å²) in [6.45, 7) is 4.10. The van der Waals surface area contributed by atoms with E-state index in [9.17, 15) is 4.79 Å². The Bertz CT molecular complexity index is 532. The number of aryl methyl sites for hydroxylation is 1. The summed E-state index contributed by atoms with van der Waals surface area (Å²) in [5.41, 5.74) is 8.13. The Morgan fingerprint density at radius 1 is 1.25 bits per heavy atom. The third-order valence-electron chi connectivity index (χ3n) is 3.69. The van der Waals surface area contributed by atoms with Crippen LogP contribution in [0.15, 0.2) is 18.2 Å². The lowest BCUT2D eigenvalue weighted by molar-refractivity contribution is 0.0761. The fourth-order valence-electron chi connectivity index (χ4n) is 2.54. The molecule has 0 aliphatic carbocycles. The first-order valence-electron chi connectivity index (χ1n) is 7.31. The van der Waals surface area contributed by atoms with Gasteiger partial charge in [0.25, 0.3) is 5.91 Å². The number of amides is 1. The highest BCUT2D eigenvalue weighted by molar-refractivity contribution is 5.94. The number of nitrogens with zero attached hydrogens (tertiary/aromatic N) is 1. The molecule has 0 spiro atoms. The van der Waals surface area contributed by atoms with E-state index in [4.69, 9.17) is 5.73 Å². The molecule has 2 N–H and O–H groups in total. The fourth-order valence-corrected chi connectivity index (χ4v) is 2.54. The lowest BCUT2D eigenvalue weighted by atomic mass is 10.0. The van der Waals surface area contributed by atoms with Gasteiger partial charge in [0.15, 0.2) is 0 Å². The minimum Gasteiger partial charge on any atom is -0.339 e. The molecule has 2 rings (SSSR count). The Hall–Kier alpha value is -1.79. The van der Waals surface area contributed by atoms with Crippen LogP contribution >= 0.6 is 0 Å². The summed E-state index contributed by atoms with van der Waals surface area (Å²) in [5, 5.41) is 0. The van der Waals surface area contributed by atoms with E-state index in [2.05, 4.69) is 11.8 Å². The topological polar surface area (TPSA) is 46.3 Å². The summed E-state index contributed by atoms with van der Waals surface area (Å²) in [7, 11) is 0. The summed E-state index contributed by atoms with van der Waals surface area (Å²) >= 11 is 0. The second-order valence-corrected chi connectivity index (χ2v) is 5.24. The van der Waals surface area contributed by atoms with E-state index in [0.717, 1.165) is 42.6 Å². The second kappa shape index (κ2) is 7.12. The quantitative estimate of drug-likeness (QED) is 0.796. The lowest BCUT2D eigenvalue weighted by Crippen LogP contribution is -2.31. The van der Waals surface area contributed by atoms with Crippen molar-refractivity contribution in [2.45, 2.75) is 32.6 Å². The number of carbonyl (C=O) groups excluding carboxylic acids is 1. The molecule has 106 valence electrons. The zero-order valence-electron chi connectivity index (χ0n) is 12.1. The van der Waals surface area contributed by atoms with Crippen molar-refractivity contribution < 1.29 is 4.79 Å². The van der Waals surface area contributed by atoms with Crippen molar-refractivity contribution in [1.29, 1.82) is 0 Å². The first-order valence-corrected chi connectivity index (χ1v) is 7.31. The first kappa shape index (κ1) is 14.6. The molecule has 3 nitrogen and oxygen atoms in total. The molecule has 20 heavy (non-hydrogen) atoms. The van der Waals surface area contributed by atoms with Gasteiger partial charge in [-0.15, -0.1) is 0 Å². The number of carbonyl (C=O) groups is 1. The Morgan fingerprint density at radius 2 is 1.95 bits per heavy atom. The molecule has 3 heteroatoms. The Labute approximate surface area is 121 Å². The highest BCUT2D eigenvalue weighted by Gasteiger charge is 2.17. The van der Waals surface area contributed by atoms with Gasteiger partial charge < -0.3 is 10.6 Å². The number of hydrogen-bond acceptors (Lipinski definition) is 2. The predicted octanol–water partition coefficient (Wildman–Crippen LogP) is 2.32. The van der Waals surface area contributed by atoms with Crippen molar-refractivity contribution in [2.75, 3.05) is 19.6 Å². The van der Waals surface area contributed by atoms with Crippen LogP contribution in [0.4, 0.5) is 0 Å². The van der Waals surface area contributed by atoms with Crippen molar-refractivity contribution in [3.63, 3.8) is 0 Å². The van der Waals surface area contributed by atoms with Crippen LogP contribution in [-0.2, 0) is 0 Å². The lowest BCUT2D eigenvalue weighted by Gasteiger charge is -2.20. The minimum atomic E-state index is 0.147. The minimum absolute atomic E-state index is 0.147. The summed E-state index contributed by atoms with van der Waals surface area (Å²) in [5.74, 6) is 6.02. The van der Waals surface area contributed by atoms with Crippen molar-refractivity contribution in [3.8, 4) is 11.8 Å². The van der Waals surface area contributed by atoms with E-state index in [1.54, 1.807) is 0 Å². The smallest absolute Gasteiger partial charge is 0.253 e. The number of likely N-dealkylation sites (tertiary alicyclic amines) is 1. The first-order chi connectivity index (χ1) is 9.72. The standard InChI is InChI=1S/C17H22N2O/c1-14-13-16(9-8-15(14)7-6-10-18)17(20)19-11-4-2-3-5-12-19/h8-9,13H,2-5,10-12,18H2,1H3. The molecule has 1 amide bonds. The van der Waals surface area contributed by atoms with Crippen molar-refractivity contribution in [2.24, 2.45) is 5.73 Å².